The van der Waals surface area contributed by atoms with Crippen molar-refractivity contribution in [3.63, 3.8) is 0 Å². The van der Waals surface area contributed by atoms with E-state index in [0.29, 0.717) is 5.69 Å². The second-order valence-corrected chi connectivity index (χ2v) is 6.26. The number of carbonyl (C=O) groups is 2. The molecular weight excluding hydrogens is 386 g/mol. The van der Waals surface area contributed by atoms with Gasteiger partial charge in [-0.05, 0) is 47.2 Å². The van der Waals surface area contributed by atoms with Crippen molar-refractivity contribution in [2.24, 2.45) is 0 Å². The average molecular weight is 400 g/mol. The summed E-state index contributed by atoms with van der Waals surface area (Å²) in [7, 11) is 0. The Morgan fingerprint density at radius 3 is 2.28 bits per heavy atom. The van der Waals surface area contributed by atoms with Gasteiger partial charge in [-0.25, -0.2) is 4.79 Å². The van der Waals surface area contributed by atoms with E-state index >= 15 is 0 Å². The quantitative estimate of drug-likeness (QED) is 0.669. The van der Waals surface area contributed by atoms with Gasteiger partial charge in [-0.2, -0.15) is 0 Å². The Kier molecular flexibility index (Phi) is 5.00. The maximum atomic E-state index is 12.0. The van der Waals surface area contributed by atoms with Gasteiger partial charge in [-0.3, -0.25) is 4.79 Å². The van der Waals surface area contributed by atoms with Gasteiger partial charge in [0.05, 0.1) is 0 Å². The number of carbonyl (C=O) groups excluding carboxylic acids is 1. The summed E-state index contributed by atoms with van der Waals surface area (Å²) in [6, 6.07) is 17.7. The zero-order chi connectivity index (χ0) is 17.8. The maximum Gasteiger partial charge on any atom is 0.339 e. The highest BCUT2D eigenvalue weighted by molar-refractivity contribution is 9.10. The minimum Gasteiger partial charge on any atom is -0.483 e. The number of hydrogen-bond acceptors (Lipinski definition) is 3. The molecule has 5 nitrogen and oxygen atoms in total. The van der Waals surface area contributed by atoms with Crippen LogP contribution in [0, 0.1) is 0 Å². The molecule has 3 rings (SSSR count). The van der Waals surface area contributed by atoms with Crippen LogP contribution in [0.5, 0.6) is 5.75 Å². The first-order valence-electron chi connectivity index (χ1n) is 7.47. The summed E-state index contributed by atoms with van der Waals surface area (Å²) in [5.41, 5.74) is 0.656. The number of aromatic carboxylic acids is 1. The van der Waals surface area contributed by atoms with Gasteiger partial charge in [0.1, 0.15) is 11.3 Å². The van der Waals surface area contributed by atoms with Gasteiger partial charge in [0.25, 0.3) is 5.91 Å². The molecule has 126 valence electrons. The fraction of sp³-hybridized carbons (Fsp3) is 0.0526. The molecule has 0 radical (unpaired) electrons. The Hall–Kier alpha value is -2.86. The second-order valence-electron chi connectivity index (χ2n) is 5.34. The Morgan fingerprint density at radius 1 is 1.00 bits per heavy atom. The number of halogens is 1. The second kappa shape index (κ2) is 7.36. The van der Waals surface area contributed by atoms with Gasteiger partial charge < -0.3 is 15.2 Å². The summed E-state index contributed by atoms with van der Waals surface area (Å²) in [5.74, 6) is -1.31. The molecule has 0 saturated heterocycles. The van der Waals surface area contributed by atoms with Gasteiger partial charge in [-0.1, -0.05) is 40.2 Å². The molecule has 3 aromatic carbocycles. The minimum absolute atomic E-state index is 0.0233. The predicted octanol–water partition coefficient (Wildman–Crippen LogP) is 4.32. The molecule has 1 amide bonds. The molecule has 0 spiro atoms. The molecule has 0 unspecified atom stereocenters. The smallest absolute Gasteiger partial charge is 0.339 e. The lowest BCUT2D eigenvalue weighted by Crippen LogP contribution is -2.20. The summed E-state index contributed by atoms with van der Waals surface area (Å²) in [5, 5.41) is 13.7. The van der Waals surface area contributed by atoms with E-state index in [4.69, 9.17) is 4.74 Å². The van der Waals surface area contributed by atoms with Crippen LogP contribution in [0.3, 0.4) is 0 Å². The number of hydrogen-bond donors (Lipinski definition) is 2. The summed E-state index contributed by atoms with van der Waals surface area (Å²) in [4.78, 5) is 23.5. The largest absolute Gasteiger partial charge is 0.483 e. The van der Waals surface area contributed by atoms with Crippen molar-refractivity contribution >= 4 is 44.3 Å². The van der Waals surface area contributed by atoms with Crippen LogP contribution in [0.15, 0.2) is 65.1 Å². The van der Waals surface area contributed by atoms with Crippen LogP contribution in [0.1, 0.15) is 10.4 Å². The first-order valence-corrected chi connectivity index (χ1v) is 8.26. The summed E-state index contributed by atoms with van der Waals surface area (Å²) >= 11 is 3.32. The lowest BCUT2D eigenvalue weighted by atomic mass is 10.1. The van der Waals surface area contributed by atoms with Crippen molar-refractivity contribution in [2.45, 2.75) is 0 Å². The van der Waals surface area contributed by atoms with Crippen LogP contribution in [0.4, 0.5) is 5.69 Å². The molecule has 0 aliphatic carbocycles. The number of rotatable bonds is 5. The van der Waals surface area contributed by atoms with Crippen LogP contribution in [0.2, 0.25) is 0 Å². The Labute approximate surface area is 152 Å². The van der Waals surface area contributed by atoms with Crippen LogP contribution in [-0.2, 0) is 4.79 Å². The van der Waals surface area contributed by atoms with Crippen LogP contribution in [-0.4, -0.2) is 23.6 Å². The number of carboxylic acid groups (broad SMARTS) is 1. The van der Waals surface area contributed by atoms with E-state index in [1.54, 1.807) is 24.3 Å². The third kappa shape index (κ3) is 4.16. The Bertz CT molecular complexity index is 938. The lowest BCUT2D eigenvalue weighted by molar-refractivity contribution is -0.118. The fourth-order valence-electron chi connectivity index (χ4n) is 2.38. The molecule has 0 aromatic heterocycles. The molecular formula is C19H14BrNO4. The molecule has 2 N–H and O–H groups in total. The van der Waals surface area contributed by atoms with Crippen molar-refractivity contribution in [2.75, 3.05) is 11.9 Å². The van der Waals surface area contributed by atoms with Crippen LogP contribution >= 0.6 is 15.9 Å². The maximum absolute atomic E-state index is 12.0. The van der Waals surface area contributed by atoms with Crippen LogP contribution < -0.4 is 10.1 Å². The average Bonchev–Trinajstić information content (AvgIpc) is 2.61. The van der Waals surface area contributed by atoms with E-state index in [2.05, 4.69) is 21.2 Å². The molecule has 0 aliphatic rings. The molecule has 0 bridgehead atoms. The van der Waals surface area contributed by atoms with E-state index in [9.17, 15) is 14.7 Å². The Morgan fingerprint density at radius 2 is 1.64 bits per heavy atom. The van der Waals surface area contributed by atoms with E-state index < -0.39 is 5.97 Å². The minimum atomic E-state index is -1.10. The number of benzene rings is 3. The fourth-order valence-corrected chi connectivity index (χ4v) is 2.64. The summed E-state index contributed by atoms with van der Waals surface area (Å²) < 4.78 is 6.37. The van der Waals surface area contributed by atoms with E-state index in [1.807, 2.05) is 36.4 Å². The number of amides is 1. The molecule has 0 saturated carbocycles. The molecule has 0 heterocycles. The third-order valence-corrected chi connectivity index (χ3v) is 4.09. The van der Waals surface area contributed by atoms with Crippen molar-refractivity contribution in [1.82, 2.24) is 0 Å². The SMILES string of the molecule is O=C(COc1cc2ccccc2cc1C(=O)O)Nc1ccc(Br)cc1. The number of fused-ring (bicyclic) bond motifs is 1. The van der Waals surface area contributed by atoms with Gasteiger partial charge in [0.15, 0.2) is 6.61 Å². The predicted molar refractivity (Wildman–Crippen MR) is 99.2 cm³/mol. The normalized spacial score (nSPS) is 10.4. The van der Waals surface area contributed by atoms with Gasteiger partial charge >= 0.3 is 5.97 Å². The topological polar surface area (TPSA) is 75.6 Å². The highest BCUT2D eigenvalue weighted by atomic mass is 79.9. The lowest BCUT2D eigenvalue weighted by Gasteiger charge is -2.11. The zero-order valence-electron chi connectivity index (χ0n) is 13.0. The molecule has 25 heavy (non-hydrogen) atoms. The third-order valence-electron chi connectivity index (χ3n) is 3.57. The highest BCUT2D eigenvalue weighted by Gasteiger charge is 2.14. The Balaban J connectivity index is 1.75. The van der Waals surface area contributed by atoms with Crippen LogP contribution in [0.25, 0.3) is 10.8 Å². The van der Waals surface area contributed by atoms with E-state index in [-0.39, 0.29) is 23.8 Å². The zero-order valence-corrected chi connectivity index (χ0v) is 14.6. The molecule has 0 atom stereocenters. The van der Waals surface area contributed by atoms with E-state index in [1.165, 1.54) is 0 Å². The first-order chi connectivity index (χ1) is 12.0. The van der Waals surface area contributed by atoms with Crippen molar-refractivity contribution in [1.29, 1.82) is 0 Å². The summed E-state index contributed by atoms with van der Waals surface area (Å²) in [6.45, 7) is -0.283. The number of carboxylic acids is 1. The number of anilines is 1. The molecule has 3 aromatic rings. The molecule has 0 aliphatic heterocycles. The van der Waals surface area contributed by atoms with Crippen molar-refractivity contribution < 1.29 is 19.4 Å². The standard InChI is InChI=1S/C19H14BrNO4/c20-14-5-7-15(8-6-14)21-18(22)11-25-17-10-13-4-2-1-3-12(13)9-16(17)19(23)24/h1-10H,11H2,(H,21,22)(H,23,24). The first kappa shape index (κ1) is 17.0. The number of ether oxygens (including phenoxy) is 1. The van der Waals surface area contributed by atoms with Gasteiger partial charge in [-0.15, -0.1) is 0 Å². The number of nitrogens with one attached hydrogen (secondary N) is 1. The van der Waals surface area contributed by atoms with Crippen molar-refractivity contribution in [3.8, 4) is 5.75 Å². The molecule has 6 heteroatoms. The van der Waals surface area contributed by atoms with Crippen molar-refractivity contribution in [3.05, 3.63) is 70.7 Å². The van der Waals surface area contributed by atoms with E-state index in [0.717, 1.165) is 15.2 Å². The highest BCUT2D eigenvalue weighted by Crippen LogP contribution is 2.26. The monoisotopic (exact) mass is 399 g/mol. The summed E-state index contributed by atoms with van der Waals surface area (Å²) in [6.07, 6.45) is 0. The van der Waals surface area contributed by atoms with Gasteiger partial charge in [0, 0.05) is 10.2 Å². The molecule has 0 fully saturated rings. The van der Waals surface area contributed by atoms with Gasteiger partial charge in [0.2, 0.25) is 0 Å².